The summed E-state index contributed by atoms with van der Waals surface area (Å²) in [4.78, 5) is 1.14. The molecule has 8 heteroatoms. The Labute approximate surface area is 230 Å². The number of anilines is 1. The monoisotopic (exact) mass is 535 g/mol. The van der Waals surface area contributed by atoms with Gasteiger partial charge in [-0.15, -0.1) is 11.3 Å². The lowest BCUT2D eigenvalue weighted by Gasteiger charge is -2.28. The number of thiophene rings is 1. The summed E-state index contributed by atoms with van der Waals surface area (Å²) in [5.41, 5.74) is 9.37. The van der Waals surface area contributed by atoms with E-state index in [9.17, 15) is 0 Å². The Morgan fingerprint density at radius 1 is 0.947 bits per heavy atom. The standard InChI is InChI=1S/C30H25N5OS2/c1-36-24-16-14-21(15-17-24)29-25(20-34(33-29)23-11-6-3-7-12-23)27-19-26(28-13-8-18-38-28)32-35(27)30(37)31-22-9-4-2-5-10-22/h2-20,27,32H,1H3,(H,31,37)/t27-/m1/s1. The molecule has 1 aliphatic rings. The minimum atomic E-state index is -0.203. The highest BCUT2D eigenvalue weighted by Gasteiger charge is 2.33. The largest absolute Gasteiger partial charge is 0.497 e. The molecular formula is C30H25N5OS2. The molecular weight excluding hydrogens is 510 g/mol. The number of thiocarbonyl (C=S) groups is 1. The van der Waals surface area contributed by atoms with E-state index in [4.69, 9.17) is 22.1 Å². The van der Waals surface area contributed by atoms with E-state index >= 15 is 0 Å². The SMILES string of the molecule is COc1ccc(-c2nn(-c3ccccc3)cc2[C@H]2C=C(c3cccs3)NN2C(=S)Nc2ccccc2)cc1. The first-order valence-electron chi connectivity index (χ1n) is 12.2. The van der Waals surface area contributed by atoms with Crippen molar-refractivity contribution in [3.63, 3.8) is 0 Å². The molecule has 0 unspecified atom stereocenters. The molecule has 2 aromatic heterocycles. The molecule has 0 fully saturated rings. The van der Waals surface area contributed by atoms with Crippen LogP contribution in [-0.4, -0.2) is 27.0 Å². The molecule has 0 amide bonds. The summed E-state index contributed by atoms with van der Waals surface area (Å²) < 4.78 is 7.32. The summed E-state index contributed by atoms with van der Waals surface area (Å²) in [6.07, 6.45) is 4.30. The number of nitrogens with zero attached hydrogens (tertiary/aromatic N) is 3. The topological polar surface area (TPSA) is 54.4 Å². The van der Waals surface area contributed by atoms with Crippen LogP contribution in [0.5, 0.6) is 5.75 Å². The number of para-hydroxylation sites is 2. The summed E-state index contributed by atoms with van der Waals surface area (Å²) in [5.74, 6) is 0.801. The van der Waals surface area contributed by atoms with Crippen LogP contribution in [0.4, 0.5) is 5.69 Å². The van der Waals surface area contributed by atoms with E-state index in [-0.39, 0.29) is 6.04 Å². The molecule has 0 radical (unpaired) electrons. The van der Waals surface area contributed by atoms with Gasteiger partial charge >= 0.3 is 0 Å². The number of hydrogen-bond acceptors (Lipinski definition) is 5. The number of rotatable bonds is 6. The molecule has 0 bridgehead atoms. The van der Waals surface area contributed by atoms with E-state index in [1.165, 1.54) is 0 Å². The highest BCUT2D eigenvalue weighted by Crippen LogP contribution is 2.38. The van der Waals surface area contributed by atoms with Crippen molar-refractivity contribution < 1.29 is 4.74 Å². The zero-order valence-electron chi connectivity index (χ0n) is 20.6. The van der Waals surface area contributed by atoms with Crippen LogP contribution in [0.15, 0.2) is 115 Å². The Hall–Kier alpha value is -4.40. The zero-order chi connectivity index (χ0) is 25.9. The van der Waals surface area contributed by atoms with E-state index in [2.05, 4.69) is 40.5 Å². The molecule has 6 rings (SSSR count). The van der Waals surface area contributed by atoms with Gasteiger partial charge in [-0.2, -0.15) is 5.10 Å². The van der Waals surface area contributed by atoms with E-state index in [0.717, 1.165) is 44.5 Å². The van der Waals surface area contributed by atoms with E-state index in [1.807, 2.05) is 94.6 Å². The van der Waals surface area contributed by atoms with Crippen molar-refractivity contribution in [2.45, 2.75) is 6.04 Å². The van der Waals surface area contributed by atoms with E-state index in [0.29, 0.717) is 5.11 Å². The van der Waals surface area contributed by atoms with Crippen molar-refractivity contribution in [1.82, 2.24) is 20.2 Å². The fourth-order valence-corrected chi connectivity index (χ4v) is 5.42. The molecule has 3 heterocycles. The van der Waals surface area contributed by atoms with Gasteiger partial charge in [0.15, 0.2) is 5.11 Å². The third-order valence-electron chi connectivity index (χ3n) is 6.32. The van der Waals surface area contributed by atoms with Gasteiger partial charge in [-0.3, -0.25) is 10.4 Å². The average molecular weight is 536 g/mol. The van der Waals surface area contributed by atoms with Crippen molar-refractivity contribution in [3.8, 4) is 22.7 Å². The predicted molar refractivity (Wildman–Crippen MR) is 158 cm³/mol. The second kappa shape index (κ2) is 10.5. The summed E-state index contributed by atoms with van der Waals surface area (Å²) in [7, 11) is 1.67. The van der Waals surface area contributed by atoms with Crippen molar-refractivity contribution >= 4 is 40.1 Å². The van der Waals surface area contributed by atoms with Gasteiger partial charge in [0.2, 0.25) is 0 Å². The Bertz CT molecular complexity index is 1560. The molecule has 0 aliphatic carbocycles. The highest BCUT2D eigenvalue weighted by atomic mass is 32.1. The van der Waals surface area contributed by atoms with Gasteiger partial charge in [0.25, 0.3) is 0 Å². The maximum Gasteiger partial charge on any atom is 0.193 e. The second-order valence-electron chi connectivity index (χ2n) is 8.72. The number of aromatic nitrogens is 2. The molecule has 0 saturated heterocycles. The van der Waals surface area contributed by atoms with Gasteiger partial charge in [-0.25, -0.2) is 4.68 Å². The van der Waals surface area contributed by atoms with Gasteiger partial charge in [-0.05, 0) is 78.3 Å². The lowest BCUT2D eigenvalue weighted by Crippen LogP contribution is -2.42. The second-order valence-corrected chi connectivity index (χ2v) is 10.1. The maximum atomic E-state index is 5.93. The normalized spacial score (nSPS) is 14.6. The molecule has 0 saturated carbocycles. The van der Waals surface area contributed by atoms with Crippen LogP contribution in [0.1, 0.15) is 16.5 Å². The Morgan fingerprint density at radius 3 is 2.37 bits per heavy atom. The average Bonchev–Trinajstić information content (AvgIpc) is 3.74. The Morgan fingerprint density at radius 2 is 1.68 bits per heavy atom. The van der Waals surface area contributed by atoms with Crippen LogP contribution in [0.3, 0.4) is 0 Å². The number of hydrogen-bond donors (Lipinski definition) is 2. The smallest absolute Gasteiger partial charge is 0.193 e. The van der Waals surface area contributed by atoms with Crippen LogP contribution in [0.2, 0.25) is 0 Å². The van der Waals surface area contributed by atoms with E-state index < -0.39 is 0 Å². The number of nitrogens with one attached hydrogen (secondary N) is 2. The van der Waals surface area contributed by atoms with Crippen LogP contribution >= 0.6 is 23.6 Å². The fraction of sp³-hybridized carbons (Fsp3) is 0.0667. The first-order valence-corrected chi connectivity index (χ1v) is 13.5. The van der Waals surface area contributed by atoms with Crippen molar-refractivity contribution in [2.24, 2.45) is 0 Å². The van der Waals surface area contributed by atoms with Crippen LogP contribution in [0.25, 0.3) is 22.6 Å². The first-order chi connectivity index (χ1) is 18.7. The molecule has 0 spiro atoms. The Kier molecular flexibility index (Phi) is 6.64. The van der Waals surface area contributed by atoms with E-state index in [1.54, 1.807) is 18.4 Å². The Balaban J connectivity index is 1.45. The lowest BCUT2D eigenvalue weighted by atomic mass is 10.0. The minimum Gasteiger partial charge on any atom is -0.497 e. The number of methoxy groups -OCH3 is 1. The van der Waals surface area contributed by atoms with Gasteiger partial charge in [0.1, 0.15) is 11.8 Å². The molecule has 1 atom stereocenters. The van der Waals surface area contributed by atoms with Gasteiger partial charge < -0.3 is 10.1 Å². The summed E-state index contributed by atoms with van der Waals surface area (Å²) in [6, 6.07) is 32.0. The molecule has 2 N–H and O–H groups in total. The van der Waals surface area contributed by atoms with Crippen molar-refractivity contribution in [1.29, 1.82) is 0 Å². The maximum absolute atomic E-state index is 5.93. The lowest BCUT2D eigenvalue weighted by molar-refractivity contribution is 0.349. The first kappa shape index (κ1) is 24.0. The predicted octanol–water partition coefficient (Wildman–Crippen LogP) is 6.91. The summed E-state index contributed by atoms with van der Waals surface area (Å²) >= 11 is 7.61. The van der Waals surface area contributed by atoms with Crippen LogP contribution < -0.4 is 15.5 Å². The quantitative estimate of drug-likeness (QED) is 0.231. The number of benzene rings is 3. The van der Waals surface area contributed by atoms with Crippen molar-refractivity contribution in [2.75, 3.05) is 12.4 Å². The summed E-state index contributed by atoms with van der Waals surface area (Å²) in [5, 5.41) is 13.1. The molecule has 1 aliphatic heterocycles. The zero-order valence-corrected chi connectivity index (χ0v) is 22.2. The molecule has 38 heavy (non-hydrogen) atoms. The molecule has 6 nitrogen and oxygen atoms in total. The third-order valence-corrected chi connectivity index (χ3v) is 7.52. The van der Waals surface area contributed by atoms with Crippen LogP contribution in [-0.2, 0) is 0 Å². The number of ether oxygens (including phenoxy) is 1. The van der Waals surface area contributed by atoms with Gasteiger partial charge in [0.05, 0.1) is 29.1 Å². The van der Waals surface area contributed by atoms with Gasteiger partial charge in [-0.1, -0.05) is 42.5 Å². The van der Waals surface area contributed by atoms with Crippen LogP contribution in [0, 0.1) is 0 Å². The molecule has 3 aromatic carbocycles. The van der Waals surface area contributed by atoms with Crippen molar-refractivity contribution in [3.05, 3.63) is 125 Å². The van der Waals surface area contributed by atoms with Gasteiger partial charge in [0, 0.05) is 23.0 Å². The third kappa shape index (κ3) is 4.79. The number of hydrazine groups is 1. The molecule has 188 valence electrons. The fourth-order valence-electron chi connectivity index (χ4n) is 4.44. The highest BCUT2D eigenvalue weighted by molar-refractivity contribution is 7.80. The minimum absolute atomic E-state index is 0.203. The summed E-state index contributed by atoms with van der Waals surface area (Å²) in [6.45, 7) is 0. The molecule has 5 aromatic rings.